The summed E-state index contributed by atoms with van der Waals surface area (Å²) in [5, 5.41) is 7.20. The van der Waals surface area contributed by atoms with Gasteiger partial charge in [0.1, 0.15) is 24.2 Å². The Morgan fingerprint density at radius 2 is 2.18 bits per heavy atom. The molecule has 28 heavy (non-hydrogen) atoms. The highest BCUT2D eigenvalue weighted by Crippen LogP contribution is 2.30. The first kappa shape index (κ1) is 18.5. The molecule has 2 amide bonds. The fraction of sp³-hybridized carbons (Fsp3) is 0.500. The number of benzene rings is 1. The highest BCUT2D eigenvalue weighted by atomic mass is 16.5. The van der Waals surface area contributed by atoms with E-state index in [9.17, 15) is 9.59 Å². The van der Waals surface area contributed by atoms with Gasteiger partial charge >= 0.3 is 0 Å². The van der Waals surface area contributed by atoms with Gasteiger partial charge in [-0.05, 0) is 31.4 Å². The predicted molar refractivity (Wildman–Crippen MR) is 104 cm³/mol. The van der Waals surface area contributed by atoms with Gasteiger partial charge in [-0.2, -0.15) is 0 Å². The number of nitrogens with zero attached hydrogens (tertiary/aromatic N) is 4. The molecule has 1 aromatic carbocycles. The number of para-hydroxylation sites is 2. The summed E-state index contributed by atoms with van der Waals surface area (Å²) in [7, 11) is 1.68. The van der Waals surface area contributed by atoms with Gasteiger partial charge in [0.2, 0.25) is 5.82 Å². The maximum atomic E-state index is 12.8. The summed E-state index contributed by atoms with van der Waals surface area (Å²) in [6.45, 7) is 2.21. The number of fused-ring (bicyclic) bond motifs is 2. The lowest BCUT2D eigenvalue weighted by Crippen LogP contribution is -2.49. The van der Waals surface area contributed by atoms with E-state index in [0.717, 1.165) is 37.9 Å². The maximum absolute atomic E-state index is 12.8. The second kappa shape index (κ2) is 7.61. The topological polar surface area (TPSA) is 89.3 Å². The van der Waals surface area contributed by atoms with E-state index < -0.39 is 11.9 Å². The second-order valence-corrected chi connectivity index (χ2v) is 7.33. The van der Waals surface area contributed by atoms with Crippen molar-refractivity contribution in [1.29, 1.82) is 0 Å². The number of hydrogen-bond acceptors (Lipinski definition) is 5. The van der Waals surface area contributed by atoms with Gasteiger partial charge in [0.25, 0.3) is 11.8 Å². The van der Waals surface area contributed by atoms with Gasteiger partial charge in [0, 0.05) is 13.5 Å². The van der Waals surface area contributed by atoms with Gasteiger partial charge in [-0.25, -0.2) is 9.67 Å². The van der Waals surface area contributed by atoms with Crippen molar-refractivity contribution in [2.45, 2.75) is 51.1 Å². The lowest BCUT2D eigenvalue weighted by molar-refractivity contribution is -0.120. The number of carbonyl (C=O) groups excluding carboxylic acids is 2. The summed E-state index contributed by atoms with van der Waals surface area (Å²) in [6, 6.07) is 6.82. The molecule has 2 aromatic rings. The lowest BCUT2D eigenvalue weighted by atomic mass is 10.0. The van der Waals surface area contributed by atoms with Crippen LogP contribution in [-0.2, 0) is 11.2 Å². The Labute approximate surface area is 163 Å². The average molecular weight is 383 g/mol. The molecule has 148 valence electrons. The molecule has 2 aliphatic rings. The third-order valence-electron chi connectivity index (χ3n) is 5.38. The number of anilines is 1. The number of amides is 2. The molecule has 0 bridgehead atoms. The Hall–Kier alpha value is -2.90. The lowest BCUT2D eigenvalue weighted by Gasteiger charge is -2.22. The first-order chi connectivity index (χ1) is 13.6. The normalized spacial score (nSPS) is 21.4. The van der Waals surface area contributed by atoms with Crippen molar-refractivity contribution >= 4 is 17.5 Å². The molecule has 1 unspecified atom stereocenters. The third-order valence-corrected chi connectivity index (χ3v) is 5.38. The van der Waals surface area contributed by atoms with Crippen molar-refractivity contribution in [2.24, 2.45) is 0 Å². The van der Waals surface area contributed by atoms with Crippen LogP contribution in [0.1, 0.15) is 55.1 Å². The van der Waals surface area contributed by atoms with Gasteiger partial charge < -0.3 is 15.0 Å². The van der Waals surface area contributed by atoms with Crippen molar-refractivity contribution < 1.29 is 14.3 Å². The number of nitrogens with one attached hydrogen (secondary N) is 1. The molecule has 1 aromatic heterocycles. The van der Waals surface area contributed by atoms with E-state index in [1.165, 1.54) is 4.90 Å². The highest BCUT2D eigenvalue weighted by molar-refractivity contribution is 6.02. The quantitative estimate of drug-likeness (QED) is 0.873. The highest BCUT2D eigenvalue weighted by Gasteiger charge is 2.32. The van der Waals surface area contributed by atoms with Gasteiger partial charge in [0.05, 0.1) is 11.7 Å². The largest absolute Gasteiger partial charge is 0.489 e. The monoisotopic (exact) mass is 383 g/mol. The predicted octanol–water partition coefficient (Wildman–Crippen LogP) is 2.11. The van der Waals surface area contributed by atoms with Crippen LogP contribution in [0.5, 0.6) is 5.75 Å². The minimum Gasteiger partial charge on any atom is -0.489 e. The summed E-state index contributed by atoms with van der Waals surface area (Å²) >= 11 is 0. The fourth-order valence-corrected chi connectivity index (χ4v) is 3.91. The van der Waals surface area contributed by atoms with E-state index in [1.54, 1.807) is 7.05 Å². The van der Waals surface area contributed by atoms with Crippen LogP contribution >= 0.6 is 0 Å². The number of likely N-dealkylation sites (N-methyl/N-ethyl adjacent to an activating group) is 1. The van der Waals surface area contributed by atoms with Crippen LogP contribution in [0, 0.1) is 0 Å². The maximum Gasteiger partial charge on any atom is 0.291 e. The summed E-state index contributed by atoms with van der Waals surface area (Å²) in [5.41, 5.74) is 0.683. The average Bonchev–Trinajstić information content (AvgIpc) is 3.11. The van der Waals surface area contributed by atoms with Crippen LogP contribution in [0.2, 0.25) is 0 Å². The number of rotatable bonds is 4. The molecule has 0 saturated carbocycles. The van der Waals surface area contributed by atoms with Gasteiger partial charge in [-0.3, -0.25) is 9.59 Å². The van der Waals surface area contributed by atoms with Crippen molar-refractivity contribution in [2.75, 3.05) is 18.6 Å². The van der Waals surface area contributed by atoms with Crippen molar-refractivity contribution in [3.8, 4) is 5.75 Å². The van der Waals surface area contributed by atoms with E-state index in [-0.39, 0.29) is 18.3 Å². The minimum absolute atomic E-state index is 0.0674. The van der Waals surface area contributed by atoms with E-state index in [4.69, 9.17) is 4.74 Å². The van der Waals surface area contributed by atoms with Crippen LogP contribution in [0.4, 0.5) is 5.69 Å². The molecular formula is C20H25N5O3. The Balaban J connectivity index is 1.51. The Morgan fingerprint density at radius 1 is 1.36 bits per heavy atom. The number of hydrogen-bond donors (Lipinski definition) is 1. The summed E-state index contributed by atoms with van der Waals surface area (Å²) < 4.78 is 7.64. The van der Waals surface area contributed by atoms with Gasteiger partial charge in [0.15, 0.2) is 0 Å². The van der Waals surface area contributed by atoms with Crippen LogP contribution in [0.15, 0.2) is 24.3 Å². The SMILES string of the molecule is CCC[C@@H]1CCCc2nc(C(=O)NC3COc4ccccc4N(C)C3=O)nn21. The van der Waals surface area contributed by atoms with E-state index in [0.29, 0.717) is 17.5 Å². The first-order valence-electron chi connectivity index (χ1n) is 9.84. The molecule has 8 nitrogen and oxygen atoms in total. The van der Waals surface area contributed by atoms with E-state index in [1.807, 2.05) is 28.9 Å². The zero-order chi connectivity index (χ0) is 19.7. The molecule has 1 N–H and O–H groups in total. The standard InChI is InChI=1S/C20H25N5O3/c1-3-7-13-8-6-11-17-22-18(23-25(13)17)19(26)21-14-12-28-16-10-5-4-9-15(16)24(2)20(14)27/h4-5,9-10,13-14H,3,6-8,11-12H2,1-2H3,(H,21,26)/t13-,14?/m1/s1. The number of aromatic nitrogens is 3. The minimum atomic E-state index is -0.795. The van der Waals surface area contributed by atoms with Gasteiger partial charge in [-0.1, -0.05) is 25.5 Å². The van der Waals surface area contributed by atoms with Gasteiger partial charge in [-0.15, -0.1) is 5.10 Å². The first-order valence-corrected chi connectivity index (χ1v) is 9.84. The molecule has 2 atom stereocenters. The molecule has 0 aliphatic carbocycles. The molecule has 2 aliphatic heterocycles. The number of ether oxygens (including phenoxy) is 1. The smallest absolute Gasteiger partial charge is 0.291 e. The Bertz CT molecular complexity index is 894. The molecule has 3 heterocycles. The number of carbonyl (C=O) groups is 2. The Kier molecular flexibility index (Phi) is 5.02. The van der Waals surface area contributed by atoms with E-state index in [2.05, 4.69) is 22.3 Å². The molecule has 8 heteroatoms. The van der Waals surface area contributed by atoms with Crippen molar-refractivity contribution in [1.82, 2.24) is 20.1 Å². The molecule has 4 rings (SSSR count). The third kappa shape index (κ3) is 3.34. The molecular weight excluding hydrogens is 358 g/mol. The second-order valence-electron chi connectivity index (χ2n) is 7.33. The Morgan fingerprint density at radius 3 is 3.00 bits per heavy atom. The van der Waals surface area contributed by atoms with E-state index >= 15 is 0 Å². The fourth-order valence-electron chi connectivity index (χ4n) is 3.91. The zero-order valence-corrected chi connectivity index (χ0v) is 16.2. The summed E-state index contributed by atoms with van der Waals surface area (Å²) in [5.74, 6) is 0.913. The zero-order valence-electron chi connectivity index (χ0n) is 16.2. The van der Waals surface area contributed by atoms with Crippen LogP contribution < -0.4 is 15.0 Å². The number of aryl methyl sites for hydroxylation is 1. The molecule has 0 fully saturated rings. The summed E-state index contributed by atoms with van der Waals surface area (Å²) in [6.07, 6.45) is 5.03. The molecule has 0 spiro atoms. The summed E-state index contributed by atoms with van der Waals surface area (Å²) in [4.78, 5) is 31.5. The van der Waals surface area contributed by atoms with Crippen LogP contribution in [0.3, 0.4) is 0 Å². The van der Waals surface area contributed by atoms with Crippen molar-refractivity contribution in [3.63, 3.8) is 0 Å². The van der Waals surface area contributed by atoms with Crippen LogP contribution in [-0.4, -0.2) is 46.3 Å². The van der Waals surface area contributed by atoms with Crippen molar-refractivity contribution in [3.05, 3.63) is 35.9 Å². The molecule has 0 radical (unpaired) electrons. The molecule has 0 saturated heterocycles. The van der Waals surface area contributed by atoms with Crippen LogP contribution in [0.25, 0.3) is 0 Å².